The van der Waals surface area contributed by atoms with E-state index < -0.39 is 24.1 Å². The van der Waals surface area contributed by atoms with Gasteiger partial charge in [-0.05, 0) is 38.1 Å². The van der Waals surface area contributed by atoms with Crippen molar-refractivity contribution in [3.8, 4) is 5.75 Å². The number of nitrogens with one attached hydrogen (secondary N) is 1. The van der Waals surface area contributed by atoms with Gasteiger partial charge >= 0.3 is 5.97 Å². The number of fused-ring (bicyclic) bond motifs is 1. The summed E-state index contributed by atoms with van der Waals surface area (Å²) in [7, 11) is 0. The van der Waals surface area contributed by atoms with E-state index in [1.54, 1.807) is 48.5 Å². The molecule has 8 heteroatoms. The van der Waals surface area contributed by atoms with Crippen LogP contribution in [0.4, 0.5) is 11.4 Å². The number of hydrogen-bond acceptors (Lipinski definition) is 6. The first-order valence-electron chi connectivity index (χ1n) is 9.43. The molecule has 0 spiro atoms. The molecule has 2 atom stereocenters. The second-order valence-corrected chi connectivity index (χ2v) is 6.87. The maximum absolute atomic E-state index is 12.6. The number of benzene rings is 2. The molecule has 0 unspecified atom stereocenters. The summed E-state index contributed by atoms with van der Waals surface area (Å²) in [4.78, 5) is 50.2. The van der Waals surface area contributed by atoms with E-state index in [1.165, 1.54) is 25.7 Å². The van der Waals surface area contributed by atoms with E-state index >= 15 is 0 Å². The van der Waals surface area contributed by atoms with Crippen LogP contribution in [-0.2, 0) is 19.1 Å². The van der Waals surface area contributed by atoms with Gasteiger partial charge in [-0.2, -0.15) is 0 Å². The first-order valence-corrected chi connectivity index (χ1v) is 9.43. The van der Waals surface area contributed by atoms with Crippen molar-refractivity contribution in [1.82, 2.24) is 0 Å². The highest BCUT2D eigenvalue weighted by Gasteiger charge is 2.35. The van der Waals surface area contributed by atoms with Gasteiger partial charge in [-0.15, -0.1) is 0 Å². The summed E-state index contributed by atoms with van der Waals surface area (Å²) < 4.78 is 10.9. The number of hydrogen-bond donors (Lipinski definition) is 1. The third-order valence-electron chi connectivity index (χ3n) is 4.64. The zero-order chi connectivity index (χ0) is 21.8. The fourth-order valence-corrected chi connectivity index (χ4v) is 3.09. The Balaban J connectivity index is 1.68. The lowest BCUT2D eigenvalue weighted by Gasteiger charge is -2.33. The average Bonchev–Trinajstić information content (AvgIpc) is 2.72. The van der Waals surface area contributed by atoms with Crippen LogP contribution in [0.3, 0.4) is 0 Å². The molecule has 0 saturated carbocycles. The lowest BCUT2D eigenvalue weighted by Crippen LogP contribution is -2.48. The van der Waals surface area contributed by atoms with Crippen LogP contribution in [0.25, 0.3) is 0 Å². The zero-order valence-corrected chi connectivity index (χ0v) is 16.9. The minimum Gasteiger partial charge on any atom is -0.475 e. The molecule has 1 aliphatic rings. The Morgan fingerprint density at radius 2 is 1.73 bits per heavy atom. The van der Waals surface area contributed by atoms with Crippen molar-refractivity contribution in [2.75, 3.05) is 16.8 Å². The van der Waals surface area contributed by atoms with Gasteiger partial charge in [-0.1, -0.05) is 24.3 Å². The van der Waals surface area contributed by atoms with E-state index in [4.69, 9.17) is 9.47 Å². The third-order valence-corrected chi connectivity index (χ3v) is 4.64. The van der Waals surface area contributed by atoms with E-state index in [0.29, 0.717) is 22.7 Å². The number of carbonyl (C=O) groups is 4. The molecule has 0 saturated heterocycles. The average molecular weight is 410 g/mol. The molecule has 8 nitrogen and oxygen atoms in total. The van der Waals surface area contributed by atoms with Crippen molar-refractivity contribution in [2.45, 2.75) is 33.0 Å². The van der Waals surface area contributed by atoms with E-state index in [9.17, 15) is 19.2 Å². The fourth-order valence-electron chi connectivity index (χ4n) is 3.09. The number of carbonyl (C=O) groups excluding carboxylic acids is 4. The minimum atomic E-state index is -1.14. The molecule has 156 valence electrons. The van der Waals surface area contributed by atoms with E-state index in [0.717, 1.165) is 0 Å². The highest BCUT2D eigenvalue weighted by molar-refractivity contribution is 6.05. The first kappa shape index (κ1) is 21.0. The largest absolute Gasteiger partial charge is 0.475 e. The van der Waals surface area contributed by atoms with Crippen molar-refractivity contribution >= 4 is 34.9 Å². The van der Waals surface area contributed by atoms with Crippen LogP contribution in [0.15, 0.2) is 48.5 Å². The Morgan fingerprint density at radius 3 is 2.43 bits per heavy atom. The maximum atomic E-state index is 12.6. The second-order valence-electron chi connectivity index (χ2n) is 6.87. The molecule has 3 rings (SSSR count). The van der Waals surface area contributed by atoms with Gasteiger partial charge in [0, 0.05) is 12.5 Å². The van der Waals surface area contributed by atoms with Gasteiger partial charge < -0.3 is 19.7 Å². The van der Waals surface area contributed by atoms with Gasteiger partial charge in [0.05, 0.1) is 17.9 Å². The normalized spacial score (nSPS) is 16.0. The van der Waals surface area contributed by atoms with E-state index in [1.807, 2.05) is 0 Å². The standard InChI is InChI=1S/C22H22N2O6/c1-13(25)16-8-4-5-9-17(16)23-21(27)14(2)29-22(28)20-12-24(15(3)26)18-10-6-7-11-19(18)30-20/h4-11,14,20H,12H2,1-3H3,(H,23,27)/t14-,20+/m1/s1. The van der Waals surface area contributed by atoms with Crippen LogP contribution in [-0.4, -0.2) is 42.3 Å². The monoisotopic (exact) mass is 410 g/mol. The summed E-state index contributed by atoms with van der Waals surface area (Å²) in [5.74, 6) is -1.41. The van der Waals surface area contributed by atoms with Crippen molar-refractivity contribution in [2.24, 2.45) is 0 Å². The summed E-state index contributed by atoms with van der Waals surface area (Å²) in [5.41, 5.74) is 1.26. The molecule has 2 amide bonds. The molecule has 0 fully saturated rings. The lowest BCUT2D eigenvalue weighted by molar-refractivity contribution is -0.160. The molecule has 1 heterocycles. The Labute approximate surface area is 173 Å². The van der Waals surface area contributed by atoms with E-state index in [-0.39, 0.29) is 18.2 Å². The van der Waals surface area contributed by atoms with Gasteiger partial charge in [0.25, 0.3) is 5.91 Å². The number of rotatable bonds is 5. The van der Waals surface area contributed by atoms with Crippen LogP contribution < -0.4 is 15.0 Å². The summed E-state index contributed by atoms with van der Waals surface area (Å²) in [6.07, 6.45) is -2.20. The molecule has 0 aromatic heterocycles. The summed E-state index contributed by atoms with van der Waals surface area (Å²) >= 11 is 0. The molecular formula is C22H22N2O6. The van der Waals surface area contributed by atoms with Crippen molar-refractivity contribution < 1.29 is 28.7 Å². The topological polar surface area (TPSA) is 102 Å². The second kappa shape index (κ2) is 8.77. The highest BCUT2D eigenvalue weighted by Crippen LogP contribution is 2.33. The number of anilines is 2. The quantitative estimate of drug-likeness (QED) is 0.600. The van der Waals surface area contributed by atoms with Gasteiger partial charge in [-0.3, -0.25) is 14.4 Å². The van der Waals surface area contributed by atoms with Crippen LogP contribution in [0.2, 0.25) is 0 Å². The molecule has 2 aromatic carbocycles. The summed E-state index contributed by atoms with van der Waals surface area (Å²) in [5, 5.41) is 2.60. The number of para-hydroxylation sites is 3. The maximum Gasteiger partial charge on any atom is 0.350 e. The van der Waals surface area contributed by atoms with Gasteiger partial charge in [0.1, 0.15) is 5.75 Å². The molecule has 0 aliphatic carbocycles. The number of amides is 2. The lowest BCUT2D eigenvalue weighted by atomic mass is 10.1. The Kier molecular flexibility index (Phi) is 6.15. The molecule has 1 N–H and O–H groups in total. The molecule has 1 aliphatic heterocycles. The number of esters is 1. The number of ether oxygens (including phenoxy) is 2. The Bertz CT molecular complexity index is 1000. The van der Waals surface area contributed by atoms with Gasteiger partial charge in [0.2, 0.25) is 12.0 Å². The molecular weight excluding hydrogens is 388 g/mol. The minimum absolute atomic E-state index is 0.0211. The third kappa shape index (κ3) is 4.48. The number of Topliss-reactive ketones (excluding diaryl/α,β-unsaturated/α-hetero) is 1. The fraction of sp³-hybridized carbons (Fsp3) is 0.273. The molecule has 2 aromatic rings. The highest BCUT2D eigenvalue weighted by atomic mass is 16.6. The van der Waals surface area contributed by atoms with Crippen molar-refractivity contribution in [1.29, 1.82) is 0 Å². The van der Waals surface area contributed by atoms with Gasteiger partial charge in [-0.25, -0.2) is 4.79 Å². The SMILES string of the molecule is CC(=O)c1ccccc1NC(=O)[C@@H](C)OC(=O)[C@@H]1CN(C(C)=O)c2ccccc2O1. The van der Waals surface area contributed by atoms with Crippen LogP contribution >= 0.6 is 0 Å². The van der Waals surface area contributed by atoms with Crippen molar-refractivity contribution in [3.05, 3.63) is 54.1 Å². The molecule has 0 bridgehead atoms. The summed E-state index contributed by atoms with van der Waals surface area (Å²) in [6, 6.07) is 13.4. The molecule has 0 radical (unpaired) electrons. The Morgan fingerprint density at radius 1 is 1.07 bits per heavy atom. The van der Waals surface area contributed by atoms with Crippen LogP contribution in [0, 0.1) is 0 Å². The van der Waals surface area contributed by atoms with Crippen molar-refractivity contribution in [3.63, 3.8) is 0 Å². The predicted octanol–water partition coefficient (Wildman–Crippen LogP) is 2.57. The van der Waals surface area contributed by atoms with Gasteiger partial charge in [0.15, 0.2) is 11.9 Å². The number of nitrogens with zero attached hydrogens (tertiary/aromatic N) is 1. The number of ketones is 1. The van der Waals surface area contributed by atoms with Crippen LogP contribution in [0.5, 0.6) is 5.75 Å². The zero-order valence-electron chi connectivity index (χ0n) is 16.9. The Hall–Kier alpha value is -3.68. The molecule has 30 heavy (non-hydrogen) atoms. The summed E-state index contributed by atoms with van der Waals surface area (Å²) in [6.45, 7) is 4.19. The van der Waals surface area contributed by atoms with Crippen LogP contribution in [0.1, 0.15) is 31.1 Å². The van der Waals surface area contributed by atoms with E-state index in [2.05, 4.69) is 5.32 Å². The predicted molar refractivity (Wildman–Crippen MR) is 110 cm³/mol. The smallest absolute Gasteiger partial charge is 0.350 e. The first-order chi connectivity index (χ1) is 14.3.